The Balaban J connectivity index is 2.80. The minimum atomic E-state index is -4.40. The van der Waals surface area contributed by atoms with Crippen LogP contribution in [0.4, 0.5) is 13.2 Å². The summed E-state index contributed by atoms with van der Waals surface area (Å²) in [5, 5.41) is 0. The molecule has 84 valence electrons. The average Bonchev–Trinajstić information content (AvgIpc) is 2.17. The molecule has 0 aromatic heterocycles. The Kier molecular flexibility index (Phi) is 3.71. The molecule has 1 aromatic carbocycles. The summed E-state index contributed by atoms with van der Waals surface area (Å²) in [6, 6.07) is 3.96. The molecule has 0 aliphatic rings. The highest BCUT2D eigenvalue weighted by atomic mass is 19.4. The van der Waals surface area contributed by atoms with Crippen molar-refractivity contribution in [2.24, 2.45) is 5.73 Å². The van der Waals surface area contributed by atoms with Crippen LogP contribution in [0, 0.1) is 0 Å². The van der Waals surface area contributed by atoms with Gasteiger partial charge in [-0.25, -0.2) is 0 Å². The number of ether oxygens (including phenoxy) is 1. The van der Waals surface area contributed by atoms with E-state index >= 15 is 0 Å². The highest BCUT2D eigenvalue weighted by Crippen LogP contribution is 2.30. The number of hydrogen-bond donors (Lipinski definition) is 1. The van der Waals surface area contributed by atoms with Gasteiger partial charge in [-0.2, -0.15) is 13.2 Å². The first-order valence-corrected chi connectivity index (χ1v) is 4.35. The first-order valence-electron chi connectivity index (χ1n) is 4.35. The minimum absolute atomic E-state index is 0.0577. The van der Waals surface area contributed by atoms with E-state index in [4.69, 9.17) is 10.5 Å². The van der Waals surface area contributed by atoms with E-state index in [1.165, 1.54) is 19.2 Å². The zero-order valence-electron chi connectivity index (χ0n) is 8.21. The quantitative estimate of drug-likeness (QED) is 0.847. The summed E-state index contributed by atoms with van der Waals surface area (Å²) in [6.45, 7) is 0.377. The van der Waals surface area contributed by atoms with E-state index < -0.39 is 12.2 Å². The molecule has 2 nitrogen and oxygen atoms in total. The molecule has 2 N–H and O–H groups in total. The molecule has 15 heavy (non-hydrogen) atoms. The predicted molar refractivity (Wildman–Crippen MR) is 50.1 cm³/mol. The maximum absolute atomic E-state index is 12.2. The number of hydrogen-bond acceptors (Lipinski definition) is 2. The largest absolute Gasteiger partial charge is 0.407 e. The number of halogens is 3. The Morgan fingerprint density at radius 3 is 2.20 bits per heavy atom. The van der Waals surface area contributed by atoms with E-state index in [0.717, 1.165) is 5.56 Å². The van der Waals surface area contributed by atoms with Crippen molar-refractivity contribution in [2.75, 3.05) is 7.11 Å². The molecule has 0 radical (unpaired) electrons. The van der Waals surface area contributed by atoms with E-state index in [0.29, 0.717) is 6.61 Å². The van der Waals surface area contributed by atoms with Crippen molar-refractivity contribution in [3.8, 4) is 0 Å². The maximum Gasteiger partial charge on any atom is 0.407 e. The monoisotopic (exact) mass is 219 g/mol. The molecule has 0 fully saturated rings. The van der Waals surface area contributed by atoms with Gasteiger partial charge in [0.05, 0.1) is 6.61 Å². The van der Waals surface area contributed by atoms with Gasteiger partial charge in [-0.15, -0.1) is 0 Å². The third kappa shape index (κ3) is 3.21. The fraction of sp³-hybridized carbons (Fsp3) is 0.400. The topological polar surface area (TPSA) is 35.2 Å². The number of nitrogens with two attached hydrogens (primary N) is 1. The molecular weight excluding hydrogens is 207 g/mol. The molecule has 1 unspecified atom stereocenters. The lowest BCUT2D eigenvalue weighted by molar-refractivity contribution is -0.149. The van der Waals surface area contributed by atoms with Crippen LogP contribution in [0.3, 0.4) is 0 Å². The van der Waals surface area contributed by atoms with Gasteiger partial charge in [-0.1, -0.05) is 24.3 Å². The molecule has 0 aliphatic carbocycles. The summed E-state index contributed by atoms with van der Waals surface area (Å²) in [6.07, 6.45) is -4.40. The van der Waals surface area contributed by atoms with Crippen LogP contribution in [0.1, 0.15) is 17.2 Å². The zero-order chi connectivity index (χ0) is 11.5. The Morgan fingerprint density at radius 1 is 1.27 bits per heavy atom. The summed E-state index contributed by atoms with van der Waals surface area (Å²) in [5.41, 5.74) is 5.91. The zero-order valence-corrected chi connectivity index (χ0v) is 8.21. The smallest absolute Gasteiger partial charge is 0.380 e. The van der Waals surface area contributed by atoms with Crippen molar-refractivity contribution in [3.63, 3.8) is 0 Å². The van der Waals surface area contributed by atoms with E-state index in [2.05, 4.69) is 0 Å². The molecular formula is C10H12F3NO. The second-order valence-electron chi connectivity index (χ2n) is 3.19. The molecule has 1 aromatic rings. The summed E-state index contributed by atoms with van der Waals surface area (Å²) < 4.78 is 41.5. The van der Waals surface area contributed by atoms with Gasteiger partial charge in [0.2, 0.25) is 0 Å². The lowest BCUT2D eigenvalue weighted by Crippen LogP contribution is -2.28. The van der Waals surface area contributed by atoms with Gasteiger partial charge in [0.25, 0.3) is 0 Å². The van der Waals surface area contributed by atoms with Crippen LogP contribution in [0.25, 0.3) is 0 Å². The molecule has 0 aliphatic heterocycles. The van der Waals surface area contributed by atoms with Crippen LogP contribution >= 0.6 is 0 Å². The molecule has 0 saturated heterocycles. The van der Waals surface area contributed by atoms with Crippen LogP contribution in [-0.2, 0) is 11.3 Å². The van der Waals surface area contributed by atoms with Crippen LogP contribution < -0.4 is 5.73 Å². The summed E-state index contributed by atoms with van der Waals surface area (Å²) in [5.74, 6) is 0. The van der Waals surface area contributed by atoms with E-state index in [1.54, 1.807) is 12.1 Å². The predicted octanol–water partition coefficient (Wildman–Crippen LogP) is 2.40. The van der Waals surface area contributed by atoms with Gasteiger partial charge in [0.15, 0.2) is 0 Å². The number of alkyl halides is 3. The number of rotatable bonds is 3. The normalized spacial score (nSPS) is 13.9. The van der Waals surface area contributed by atoms with E-state index in [1.807, 2.05) is 0 Å². The van der Waals surface area contributed by atoms with Crippen LogP contribution in [0.15, 0.2) is 24.3 Å². The highest BCUT2D eigenvalue weighted by molar-refractivity contribution is 5.25. The summed E-state index contributed by atoms with van der Waals surface area (Å²) in [4.78, 5) is 0. The third-order valence-corrected chi connectivity index (χ3v) is 2.00. The molecule has 5 heteroatoms. The fourth-order valence-corrected chi connectivity index (χ4v) is 1.18. The van der Waals surface area contributed by atoms with E-state index in [9.17, 15) is 13.2 Å². The second kappa shape index (κ2) is 4.63. The van der Waals surface area contributed by atoms with Gasteiger partial charge < -0.3 is 10.5 Å². The average molecular weight is 219 g/mol. The van der Waals surface area contributed by atoms with Crippen LogP contribution in [0.5, 0.6) is 0 Å². The standard InChI is InChI=1S/C10H12F3NO/c1-15-6-7-2-4-8(5-3-7)9(14)10(11,12)13/h2-5,9H,6,14H2,1H3. The van der Waals surface area contributed by atoms with Crippen LogP contribution in [-0.4, -0.2) is 13.3 Å². The van der Waals surface area contributed by atoms with Gasteiger partial charge >= 0.3 is 6.18 Å². The Labute approximate surface area is 85.8 Å². The number of methoxy groups -OCH3 is 1. The van der Waals surface area contributed by atoms with Crippen molar-refractivity contribution in [1.29, 1.82) is 0 Å². The summed E-state index contributed by atoms with van der Waals surface area (Å²) >= 11 is 0. The molecule has 1 rings (SSSR count). The SMILES string of the molecule is COCc1ccc(C(N)C(F)(F)F)cc1. The van der Waals surface area contributed by atoms with Gasteiger partial charge in [0, 0.05) is 7.11 Å². The fourth-order valence-electron chi connectivity index (χ4n) is 1.18. The number of benzene rings is 1. The van der Waals surface area contributed by atoms with Gasteiger partial charge in [0.1, 0.15) is 6.04 Å². The molecule has 0 heterocycles. The van der Waals surface area contributed by atoms with Crippen LogP contribution in [0.2, 0.25) is 0 Å². The maximum atomic E-state index is 12.2. The highest BCUT2D eigenvalue weighted by Gasteiger charge is 2.37. The van der Waals surface area contributed by atoms with E-state index in [-0.39, 0.29) is 5.56 Å². The molecule has 1 atom stereocenters. The van der Waals surface area contributed by atoms with Gasteiger partial charge in [-0.3, -0.25) is 0 Å². The van der Waals surface area contributed by atoms with Crippen molar-refractivity contribution in [3.05, 3.63) is 35.4 Å². The van der Waals surface area contributed by atoms with Crippen molar-refractivity contribution < 1.29 is 17.9 Å². The lowest BCUT2D eigenvalue weighted by Gasteiger charge is -2.15. The minimum Gasteiger partial charge on any atom is -0.380 e. The second-order valence-corrected chi connectivity index (χ2v) is 3.19. The summed E-state index contributed by atoms with van der Waals surface area (Å²) in [7, 11) is 1.52. The first kappa shape index (κ1) is 12.0. The molecule has 0 spiro atoms. The lowest BCUT2D eigenvalue weighted by atomic mass is 10.1. The first-order chi connectivity index (χ1) is 6.95. The van der Waals surface area contributed by atoms with Crippen molar-refractivity contribution in [2.45, 2.75) is 18.8 Å². The van der Waals surface area contributed by atoms with Gasteiger partial charge in [-0.05, 0) is 11.1 Å². The Bertz CT molecular complexity index is 307. The third-order valence-electron chi connectivity index (χ3n) is 2.00. The molecule has 0 amide bonds. The Hall–Kier alpha value is -1.07. The van der Waals surface area contributed by atoms with Crippen molar-refractivity contribution >= 4 is 0 Å². The molecule has 0 bridgehead atoms. The van der Waals surface area contributed by atoms with Crippen molar-refractivity contribution in [1.82, 2.24) is 0 Å². The Morgan fingerprint density at radius 2 is 1.80 bits per heavy atom. The molecule has 0 saturated carbocycles.